The maximum Gasteiger partial charge on any atom is 0.144 e. The molecule has 0 aliphatic carbocycles. The van der Waals surface area contributed by atoms with Crippen LogP contribution in [0.1, 0.15) is 12.5 Å². The minimum absolute atomic E-state index is 0.0936. The van der Waals surface area contributed by atoms with E-state index in [-0.39, 0.29) is 6.61 Å². The molecule has 0 aliphatic rings. The van der Waals surface area contributed by atoms with Crippen LogP contribution < -0.4 is 4.74 Å². The minimum Gasteiger partial charge on any atom is -0.494 e. The molecule has 0 saturated heterocycles. The molecule has 0 fully saturated rings. The summed E-state index contributed by atoms with van der Waals surface area (Å²) in [4.78, 5) is 4.51. The van der Waals surface area contributed by atoms with Crippen molar-refractivity contribution in [2.24, 2.45) is 7.05 Å². The smallest absolute Gasteiger partial charge is 0.144 e. The summed E-state index contributed by atoms with van der Waals surface area (Å²) in [6.45, 7) is 2.38. The predicted molar refractivity (Wildman–Crippen MR) is 98.2 cm³/mol. The van der Waals surface area contributed by atoms with Gasteiger partial charge in [-0.25, -0.2) is 9.67 Å². The zero-order chi connectivity index (χ0) is 18.1. The number of rotatable bonds is 5. The van der Waals surface area contributed by atoms with Crippen LogP contribution in [0.15, 0.2) is 48.8 Å². The quantitative estimate of drug-likeness (QED) is 0.599. The highest BCUT2D eigenvalue weighted by atomic mass is 16.5. The first kappa shape index (κ1) is 16.3. The molecular weight excluding hydrogens is 330 g/mol. The van der Waals surface area contributed by atoms with Crippen molar-refractivity contribution in [1.29, 1.82) is 0 Å². The van der Waals surface area contributed by atoms with E-state index in [1.54, 1.807) is 10.9 Å². The normalized spacial score (nSPS) is 11.2. The van der Waals surface area contributed by atoms with Crippen molar-refractivity contribution < 1.29 is 9.84 Å². The highest BCUT2D eigenvalue weighted by Gasteiger charge is 2.14. The van der Waals surface area contributed by atoms with Gasteiger partial charge in [-0.1, -0.05) is 11.3 Å². The Bertz CT molecular complexity index is 1070. The lowest BCUT2D eigenvalue weighted by Crippen LogP contribution is -2.00. The first-order valence-corrected chi connectivity index (χ1v) is 8.42. The topological polar surface area (TPSA) is 78.0 Å². The molecule has 7 heteroatoms. The van der Waals surface area contributed by atoms with E-state index in [9.17, 15) is 5.11 Å². The van der Waals surface area contributed by atoms with Gasteiger partial charge in [0.1, 0.15) is 17.1 Å². The van der Waals surface area contributed by atoms with Crippen LogP contribution in [0.5, 0.6) is 5.75 Å². The van der Waals surface area contributed by atoms with Crippen LogP contribution >= 0.6 is 0 Å². The highest BCUT2D eigenvalue weighted by Crippen LogP contribution is 2.29. The summed E-state index contributed by atoms with van der Waals surface area (Å²) in [6, 6.07) is 11.7. The lowest BCUT2D eigenvalue weighted by Gasteiger charge is -2.12. The van der Waals surface area contributed by atoms with E-state index in [0.29, 0.717) is 12.4 Å². The molecule has 7 nitrogen and oxygen atoms in total. The van der Waals surface area contributed by atoms with Crippen molar-refractivity contribution in [2.75, 3.05) is 6.61 Å². The Morgan fingerprint density at radius 1 is 1.19 bits per heavy atom. The Kier molecular flexibility index (Phi) is 4.14. The molecule has 4 rings (SSSR count). The molecule has 2 heterocycles. The molecular formula is C19H19N5O2. The molecule has 1 N–H and O–H groups in total. The Labute approximate surface area is 150 Å². The molecule has 26 heavy (non-hydrogen) atoms. The molecule has 0 amide bonds. The van der Waals surface area contributed by atoms with E-state index < -0.39 is 0 Å². The predicted octanol–water partition coefficient (Wildman–Crippen LogP) is 2.71. The van der Waals surface area contributed by atoms with E-state index in [0.717, 1.165) is 33.7 Å². The van der Waals surface area contributed by atoms with E-state index in [2.05, 4.69) is 15.3 Å². The molecule has 4 aromatic rings. The van der Waals surface area contributed by atoms with Gasteiger partial charge in [-0.05, 0) is 37.3 Å². The second kappa shape index (κ2) is 6.61. The summed E-state index contributed by atoms with van der Waals surface area (Å²) >= 11 is 0. The van der Waals surface area contributed by atoms with E-state index >= 15 is 0 Å². The van der Waals surface area contributed by atoms with Crippen molar-refractivity contribution in [2.45, 2.75) is 13.5 Å². The molecule has 0 atom stereocenters. The monoisotopic (exact) mass is 349 g/mol. The molecule has 132 valence electrons. The third-order valence-corrected chi connectivity index (χ3v) is 4.31. The van der Waals surface area contributed by atoms with Crippen LogP contribution in [0, 0.1) is 0 Å². The van der Waals surface area contributed by atoms with Gasteiger partial charge in [0, 0.05) is 30.6 Å². The number of aryl methyl sites for hydroxylation is 1. The molecule has 0 aliphatic heterocycles. The molecule has 2 aromatic heterocycles. The van der Waals surface area contributed by atoms with Crippen LogP contribution in [0.4, 0.5) is 0 Å². The third kappa shape index (κ3) is 2.62. The number of nitrogens with zero attached hydrogens (tertiary/aromatic N) is 5. The fourth-order valence-corrected chi connectivity index (χ4v) is 3.09. The Balaban J connectivity index is 1.85. The largest absolute Gasteiger partial charge is 0.494 e. The second-order valence-electron chi connectivity index (χ2n) is 5.89. The first-order valence-electron chi connectivity index (χ1n) is 8.42. The van der Waals surface area contributed by atoms with Gasteiger partial charge in [-0.15, -0.1) is 5.10 Å². The Morgan fingerprint density at radius 3 is 2.88 bits per heavy atom. The maximum atomic E-state index is 9.67. The van der Waals surface area contributed by atoms with E-state index in [1.165, 1.54) is 0 Å². The lowest BCUT2D eigenvalue weighted by atomic mass is 10.1. The first-order chi connectivity index (χ1) is 12.7. The summed E-state index contributed by atoms with van der Waals surface area (Å²) in [5.41, 5.74) is 4.29. The van der Waals surface area contributed by atoms with Gasteiger partial charge in [-0.3, -0.25) is 4.57 Å². The molecule has 0 radical (unpaired) electrons. The van der Waals surface area contributed by atoms with Crippen molar-refractivity contribution in [1.82, 2.24) is 24.5 Å². The number of hydrogen-bond acceptors (Lipinski definition) is 5. The minimum atomic E-state index is -0.0936. The zero-order valence-corrected chi connectivity index (χ0v) is 14.6. The van der Waals surface area contributed by atoms with Gasteiger partial charge in [0.05, 0.1) is 24.4 Å². The van der Waals surface area contributed by atoms with Crippen molar-refractivity contribution in [3.8, 4) is 22.8 Å². The molecule has 0 bridgehead atoms. The number of hydrogen-bond donors (Lipinski definition) is 1. The number of ether oxygens (including phenoxy) is 1. The second-order valence-corrected chi connectivity index (χ2v) is 5.89. The van der Waals surface area contributed by atoms with Gasteiger partial charge in [-0.2, -0.15) is 0 Å². The molecule has 0 saturated carbocycles. The van der Waals surface area contributed by atoms with Gasteiger partial charge >= 0.3 is 0 Å². The van der Waals surface area contributed by atoms with Crippen molar-refractivity contribution in [3.63, 3.8) is 0 Å². The third-order valence-electron chi connectivity index (χ3n) is 4.31. The van der Waals surface area contributed by atoms with Crippen LogP contribution in [0.25, 0.3) is 28.1 Å². The number of imidazole rings is 1. The van der Waals surface area contributed by atoms with Gasteiger partial charge < -0.3 is 9.84 Å². The standard InChI is InChI=1S/C19H19N5O2/c1-3-26-17-8-7-13(11-14(17)12-25)19-20-9-10-24(19)16-6-4-5-15-18(16)21-22-23(15)2/h4-11,25H,3,12H2,1-2H3. The molecule has 0 spiro atoms. The number of benzene rings is 2. The van der Waals surface area contributed by atoms with Crippen molar-refractivity contribution >= 4 is 11.0 Å². The van der Waals surface area contributed by atoms with Crippen LogP contribution in [0.2, 0.25) is 0 Å². The lowest BCUT2D eigenvalue weighted by molar-refractivity contribution is 0.267. The summed E-state index contributed by atoms with van der Waals surface area (Å²) in [6.07, 6.45) is 3.65. The number of fused-ring (bicyclic) bond motifs is 1. The van der Waals surface area contributed by atoms with E-state index in [4.69, 9.17) is 4.74 Å². The molecule has 0 unspecified atom stereocenters. The van der Waals surface area contributed by atoms with Crippen LogP contribution in [-0.4, -0.2) is 36.3 Å². The number of aliphatic hydroxyl groups is 1. The number of aromatic nitrogens is 5. The number of aliphatic hydroxyl groups excluding tert-OH is 1. The summed E-state index contributed by atoms with van der Waals surface area (Å²) in [5.74, 6) is 1.45. The Morgan fingerprint density at radius 2 is 2.08 bits per heavy atom. The average Bonchev–Trinajstić information content (AvgIpc) is 3.29. The summed E-state index contributed by atoms with van der Waals surface area (Å²) < 4.78 is 9.29. The van der Waals surface area contributed by atoms with E-state index in [1.807, 2.05) is 61.1 Å². The zero-order valence-electron chi connectivity index (χ0n) is 14.6. The van der Waals surface area contributed by atoms with Crippen molar-refractivity contribution in [3.05, 3.63) is 54.4 Å². The van der Waals surface area contributed by atoms with Gasteiger partial charge in [0.15, 0.2) is 0 Å². The fourth-order valence-electron chi connectivity index (χ4n) is 3.09. The summed E-state index contributed by atoms with van der Waals surface area (Å²) in [5, 5.41) is 18.1. The fraction of sp³-hybridized carbons (Fsp3) is 0.211. The SMILES string of the molecule is CCOc1ccc(-c2nccn2-c2cccc3c2nnn3C)cc1CO. The average molecular weight is 349 g/mol. The molecule has 2 aromatic carbocycles. The maximum absolute atomic E-state index is 9.67. The van der Waals surface area contributed by atoms with Crippen LogP contribution in [0.3, 0.4) is 0 Å². The van der Waals surface area contributed by atoms with Gasteiger partial charge in [0.2, 0.25) is 0 Å². The van der Waals surface area contributed by atoms with Crippen LogP contribution in [-0.2, 0) is 13.7 Å². The summed E-state index contributed by atoms with van der Waals surface area (Å²) in [7, 11) is 1.87. The highest BCUT2D eigenvalue weighted by molar-refractivity contribution is 5.84. The van der Waals surface area contributed by atoms with Gasteiger partial charge in [0.25, 0.3) is 0 Å². The Hall–Kier alpha value is -3.19.